The molecule has 0 bridgehead atoms. The number of Topliss-reactive ketones (excluding diaryl/α,β-unsaturated/α-hetero) is 1. The molecule has 0 saturated carbocycles. The molecule has 0 amide bonds. The van der Waals surface area contributed by atoms with Gasteiger partial charge in [-0.05, 0) is 30.5 Å². The Morgan fingerprint density at radius 3 is 2.45 bits per heavy atom. The second-order valence-electron chi connectivity index (χ2n) is 5.15. The largest absolute Gasteiger partial charge is 0.493 e. The lowest BCUT2D eigenvalue weighted by Gasteiger charge is -2.17. The molecule has 0 aliphatic rings. The van der Waals surface area contributed by atoms with Crippen molar-refractivity contribution < 1.29 is 14.6 Å². The first-order valence-electron chi connectivity index (χ1n) is 7.70. The number of rotatable bonds is 7. The number of benzene rings is 2. The van der Waals surface area contributed by atoms with Gasteiger partial charge in [-0.2, -0.15) is 0 Å². The third kappa shape index (κ3) is 3.55. The van der Waals surface area contributed by atoms with Crippen molar-refractivity contribution in [1.29, 1.82) is 0 Å². The van der Waals surface area contributed by atoms with Gasteiger partial charge in [0.05, 0.1) is 12.2 Å². The van der Waals surface area contributed by atoms with Crippen molar-refractivity contribution in [2.75, 3.05) is 6.61 Å². The molecule has 0 radical (unpaired) electrons. The second-order valence-corrected chi connectivity index (χ2v) is 5.15. The molecule has 0 fully saturated rings. The van der Waals surface area contributed by atoms with Gasteiger partial charge >= 0.3 is 0 Å². The van der Waals surface area contributed by atoms with Crippen molar-refractivity contribution >= 4 is 5.78 Å². The van der Waals surface area contributed by atoms with Gasteiger partial charge in [0.15, 0.2) is 5.78 Å². The van der Waals surface area contributed by atoms with Crippen LogP contribution in [0, 0.1) is 0 Å². The molecule has 2 aromatic rings. The molecule has 0 heterocycles. The average molecular weight is 298 g/mol. The first kappa shape index (κ1) is 16.2. The summed E-state index contributed by atoms with van der Waals surface area (Å²) in [5.74, 6) is 0.243. The van der Waals surface area contributed by atoms with Crippen molar-refractivity contribution in [2.45, 2.75) is 32.8 Å². The lowest BCUT2D eigenvalue weighted by atomic mass is 9.93. The van der Waals surface area contributed by atoms with E-state index in [2.05, 4.69) is 6.92 Å². The predicted octanol–water partition coefficient (Wildman–Crippen LogP) is 3.95. The fraction of sp³-hybridized carbons (Fsp3) is 0.316. The van der Waals surface area contributed by atoms with Crippen LogP contribution in [0.1, 0.15) is 47.9 Å². The molecule has 1 N–H and O–H groups in total. The number of hydrogen-bond acceptors (Lipinski definition) is 3. The molecule has 1 unspecified atom stereocenters. The maximum atomic E-state index is 12.8. The molecule has 3 nitrogen and oxygen atoms in total. The van der Waals surface area contributed by atoms with Crippen LogP contribution in [0.4, 0.5) is 0 Å². The molecule has 116 valence electrons. The minimum absolute atomic E-state index is 0.307. The Bertz CT molecular complexity index is 596. The number of ketones is 1. The number of carbonyl (C=O) groups excluding carboxylic acids is 1. The molecule has 2 rings (SSSR count). The molecule has 0 aliphatic heterocycles. The molecule has 22 heavy (non-hydrogen) atoms. The third-order valence-electron chi connectivity index (χ3n) is 3.54. The monoisotopic (exact) mass is 298 g/mol. The van der Waals surface area contributed by atoms with Crippen LogP contribution in [0.25, 0.3) is 0 Å². The fourth-order valence-corrected chi connectivity index (χ4v) is 2.53. The van der Waals surface area contributed by atoms with Crippen molar-refractivity contribution in [3.05, 3.63) is 65.2 Å². The Hall–Kier alpha value is -2.13. The van der Waals surface area contributed by atoms with Crippen molar-refractivity contribution in [1.82, 2.24) is 0 Å². The van der Waals surface area contributed by atoms with E-state index in [4.69, 9.17) is 4.74 Å². The Morgan fingerprint density at radius 2 is 1.82 bits per heavy atom. The Balaban J connectivity index is 2.42. The van der Waals surface area contributed by atoms with Crippen LogP contribution >= 0.6 is 0 Å². The summed E-state index contributed by atoms with van der Waals surface area (Å²) in [5, 5.41) is 10.4. The van der Waals surface area contributed by atoms with E-state index in [1.807, 2.05) is 37.3 Å². The first-order chi connectivity index (χ1) is 10.7. The zero-order chi connectivity index (χ0) is 15.9. The normalized spacial score (nSPS) is 12.0. The van der Waals surface area contributed by atoms with Gasteiger partial charge in [0.25, 0.3) is 0 Å². The Labute approximate surface area is 131 Å². The van der Waals surface area contributed by atoms with Gasteiger partial charge < -0.3 is 9.84 Å². The van der Waals surface area contributed by atoms with Crippen LogP contribution in [-0.2, 0) is 6.42 Å². The van der Waals surface area contributed by atoms with Crippen LogP contribution in [-0.4, -0.2) is 17.5 Å². The van der Waals surface area contributed by atoms with Gasteiger partial charge in [0.1, 0.15) is 11.9 Å². The van der Waals surface area contributed by atoms with Crippen LogP contribution in [0.2, 0.25) is 0 Å². The summed E-state index contributed by atoms with van der Waals surface area (Å²) in [5.41, 5.74) is 2.03. The number of hydrogen-bond donors (Lipinski definition) is 1. The standard InChI is InChI=1S/C19H22O3/c1-3-9-14-12-8-13-16(22-4-2)17(14)19(21)18(20)15-10-6-5-7-11-15/h5-8,10-13,18,20H,3-4,9H2,1-2H3. The summed E-state index contributed by atoms with van der Waals surface area (Å²) in [6.45, 7) is 4.43. The van der Waals surface area contributed by atoms with Gasteiger partial charge in [0, 0.05) is 0 Å². The highest BCUT2D eigenvalue weighted by Crippen LogP contribution is 2.29. The predicted molar refractivity (Wildman–Crippen MR) is 87.3 cm³/mol. The zero-order valence-electron chi connectivity index (χ0n) is 13.1. The van der Waals surface area contributed by atoms with E-state index in [1.165, 1.54) is 0 Å². The quantitative estimate of drug-likeness (QED) is 0.787. The van der Waals surface area contributed by atoms with Gasteiger partial charge in [0.2, 0.25) is 0 Å². The van der Waals surface area contributed by atoms with Crippen molar-refractivity contribution in [2.24, 2.45) is 0 Å². The van der Waals surface area contributed by atoms with Crippen molar-refractivity contribution in [3.8, 4) is 5.75 Å². The lowest BCUT2D eigenvalue weighted by Crippen LogP contribution is -2.16. The van der Waals surface area contributed by atoms with E-state index >= 15 is 0 Å². The summed E-state index contributed by atoms with van der Waals surface area (Å²) in [4.78, 5) is 12.8. The zero-order valence-corrected chi connectivity index (χ0v) is 13.1. The van der Waals surface area contributed by atoms with Crippen LogP contribution in [0.15, 0.2) is 48.5 Å². The molecule has 1 atom stereocenters. The van der Waals surface area contributed by atoms with Gasteiger partial charge in [-0.25, -0.2) is 0 Å². The lowest BCUT2D eigenvalue weighted by molar-refractivity contribution is 0.0742. The summed E-state index contributed by atoms with van der Waals surface area (Å²) < 4.78 is 5.60. The summed E-state index contributed by atoms with van der Waals surface area (Å²) in [6, 6.07) is 14.6. The highest BCUT2D eigenvalue weighted by atomic mass is 16.5. The minimum atomic E-state index is -1.17. The number of aliphatic hydroxyl groups is 1. The maximum absolute atomic E-state index is 12.8. The fourth-order valence-electron chi connectivity index (χ4n) is 2.53. The minimum Gasteiger partial charge on any atom is -0.493 e. The third-order valence-corrected chi connectivity index (χ3v) is 3.54. The first-order valence-corrected chi connectivity index (χ1v) is 7.70. The van der Waals surface area contributed by atoms with E-state index in [0.29, 0.717) is 23.5 Å². The highest BCUT2D eigenvalue weighted by molar-refractivity contribution is 6.03. The molecular formula is C19H22O3. The topological polar surface area (TPSA) is 46.5 Å². The Kier molecular flexibility index (Phi) is 5.73. The maximum Gasteiger partial charge on any atom is 0.199 e. The summed E-state index contributed by atoms with van der Waals surface area (Å²) in [7, 11) is 0. The van der Waals surface area contributed by atoms with Crippen molar-refractivity contribution in [3.63, 3.8) is 0 Å². The van der Waals surface area contributed by atoms with Gasteiger partial charge in [-0.3, -0.25) is 4.79 Å². The average Bonchev–Trinajstić information content (AvgIpc) is 2.55. The van der Waals surface area contributed by atoms with Crippen LogP contribution in [0.3, 0.4) is 0 Å². The van der Waals surface area contributed by atoms with E-state index in [1.54, 1.807) is 18.2 Å². The number of ether oxygens (including phenoxy) is 1. The van der Waals surface area contributed by atoms with Crippen LogP contribution < -0.4 is 4.74 Å². The van der Waals surface area contributed by atoms with Crippen LogP contribution in [0.5, 0.6) is 5.75 Å². The van der Waals surface area contributed by atoms with E-state index in [-0.39, 0.29) is 5.78 Å². The molecule has 0 aliphatic carbocycles. The summed E-state index contributed by atoms with van der Waals surface area (Å²) >= 11 is 0. The number of carbonyl (C=O) groups is 1. The van der Waals surface area contributed by atoms with E-state index in [9.17, 15) is 9.90 Å². The highest BCUT2D eigenvalue weighted by Gasteiger charge is 2.24. The molecule has 0 saturated heterocycles. The second kappa shape index (κ2) is 7.76. The molecule has 3 heteroatoms. The molecule has 0 aromatic heterocycles. The Morgan fingerprint density at radius 1 is 1.09 bits per heavy atom. The molecule has 0 spiro atoms. The van der Waals surface area contributed by atoms with Gasteiger partial charge in [-0.15, -0.1) is 0 Å². The smallest absolute Gasteiger partial charge is 0.199 e. The number of aryl methyl sites for hydroxylation is 1. The summed E-state index contributed by atoms with van der Waals surface area (Å²) in [6.07, 6.45) is 0.541. The van der Waals surface area contributed by atoms with Gasteiger partial charge in [-0.1, -0.05) is 55.8 Å². The SMILES string of the molecule is CCCc1cccc(OCC)c1C(=O)C(O)c1ccccc1. The van der Waals surface area contributed by atoms with E-state index < -0.39 is 6.10 Å². The molecule has 2 aromatic carbocycles. The van der Waals surface area contributed by atoms with E-state index in [0.717, 1.165) is 18.4 Å². The molecular weight excluding hydrogens is 276 g/mol. The number of aliphatic hydroxyl groups excluding tert-OH is 1.